The molecule has 1 aliphatic heterocycles. The average Bonchev–Trinajstić information content (AvgIpc) is 2.45. The molecule has 1 saturated heterocycles. The average molecular weight is 286 g/mol. The molecule has 1 heterocycles. The van der Waals surface area contributed by atoms with Gasteiger partial charge in [0.15, 0.2) is 0 Å². The molecule has 19 heavy (non-hydrogen) atoms. The molecule has 0 amide bonds. The zero-order valence-electron chi connectivity index (χ0n) is 12.6. The summed E-state index contributed by atoms with van der Waals surface area (Å²) in [5.41, 5.74) is 0.128. The Labute approximate surface area is 122 Å². The van der Waals surface area contributed by atoms with Crippen LogP contribution in [0.3, 0.4) is 0 Å². The Kier molecular flexibility index (Phi) is 6.04. The van der Waals surface area contributed by atoms with Crippen molar-refractivity contribution in [2.45, 2.75) is 82.2 Å². The maximum atomic E-state index is 10.5. The van der Waals surface area contributed by atoms with E-state index in [0.717, 1.165) is 25.2 Å². The maximum absolute atomic E-state index is 10.5. The standard InChI is InChI=1S/C16H30O2S/c1-3-13(2)19-12-15(17)14-7-10-18-16(11-14)8-5-4-6-9-16/h13-15,17H,3-12H2,1-2H3. The van der Waals surface area contributed by atoms with Crippen LogP contribution in [-0.2, 0) is 4.74 Å². The Morgan fingerprint density at radius 1 is 1.32 bits per heavy atom. The van der Waals surface area contributed by atoms with E-state index in [1.807, 2.05) is 11.8 Å². The number of ether oxygens (including phenoxy) is 1. The summed E-state index contributed by atoms with van der Waals surface area (Å²) in [6, 6.07) is 0. The first-order valence-electron chi connectivity index (χ1n) is 8.09. The van der Waals surface area contributed by atoms with Crippen LogP contribution in [0.4, 0.5) is 0 Å². The second-order valence-corrected chi connectivity index (χ2v) is 7.94. The van der Waals surface area contributed by atoms with Crippen molar-refractivity contribution in [3.05, 3.63) is 0 Å². The molecule has 3 unspecified atom stereocenters. The van der Waals surface area contributed by atoms with Crippen molar-refractivity contribution < 1.29 is 9.84 Å². The van der Waals surface area contributed by atoms with Crippen LogP contribution in [0, 0.1) is 5.92 Å². The third kappa shape index (κ3) is 4.37. The number of thioether (sulfide) groups is 1. The Bertz CT molecular complexity index is 258. The van der Waals surface area contributed by atoms with E-state index in [4.69, 9.17) is 4.74 Å². The Balaban J connectivity index is 1.82. The fourth-order valence-corrected chi connectivity index (χ4v) is 4.49. The topological polar surface area (TPSA) is 29.5 Å². The molecule has 1 aliphatic carbocycles. The first kappa shape index (κ1) is 15.7. The van der Waals surface area contributed by atoms with Gasteiger partial charge in [0.25, 0.3) is 0 Å². The van der Waals surface area contributed by atoms with E-state index in [2.05, 4.69) is 13.8 Å². The fraction of sp³-hybridized carbons (Fsp3) is 1.00. The van der Waals surface area contributed by atoms with Gasteiger partial charge in [0.2, 0.25) is 0 Å². The van der Waals surface area contributed by atoms with E-state index < -0.39 is 0 Å². The highest BCUT2D eigenvalue weighted by atomic mass is 32.2. The molecule has 1 spiro atoms. The molecular weight excluding hydrogens is 256 g/mol. The van der Waals surface area contributed by atoms with Gasteiger partial charge in [0.05, 0.1) is 11.7 Å². The predicted molar refractivity (Wildman–Crippen MR) is 82.7 cm³/mol. The lowest BCUT2D eigenvalue weighted by molar-refractivity contribution is -0.131. The summed E-state index contributed by atoms with van der Waals surface area (Å²) in [4.78, 5) is 0. The summed E-state index contributed by atoms with van der Waals surface area (Å²) in [6.07, 6.45) is 9.61. The van der Waals surface area contributed by atoms with Gasteiger partial charge in [-0.1, -0.05) is 33.1 Å². The third-order valence-corrected chi connectivity index (χ3v) is 6.40. The summed E-state index contributed by atoms with van der Waals surface area (Å²) in [5, 5.41) is 11.1. The smallest absolute Gasteiger partial charge is 0.0686 e. The van der Waals surface area contributed by atoms with Crippen LogP contribution in [0.5, 0.6) is 0 Å². The van der Waals surface area contributed by atoms with Crippen LogP contribution in [-0.4, -0.2) is 34.4 Å². The Hall–Kier alpha value is 0.270. The van der Waals surface area contributed by atoms with Gasteiger partial charge in [0, 0.05) is 17.6 Å². The maximum Gasteiger partial charge on any atom is 0.0686 e. The summed E-state index contributed by atoms with van der Waals surface area (Å²) in [5.74, 6) is 1.36. The molecule has 2 fully saturated rings. The molecule has 2 rings (SSSR count). The summed E-state index contributed by atoms with van der Waals surface area (Å²) in [6.45, 7) is 5.33. The van der Waals surface area contributed by atoms with Gasteiger partial charge in [0.1, 0.15) is 0 Å². The van der Waals surface area contributed by atoms with Gasteiger partial charge in [-0.25, -0.2) is 0 Å². The summed E-state index contributed by atoms with van der Waals surface area (Å²) < 4.78 is 6.12. The minimum absolute atomic E-state index is 0.128. The number of aliphatic hydroxyl groups excluding tert-OH is 1. The van der Waals surface area contributed by atoms with Crippen molar-refractivity contribution in [3.63, 3.8) is 0 Å². The quantitative estimate of drug-likeness (QED) is 0.828. The minimum atomic E-state index is -0.137. The van der Waals surface area contributed by atoms with Gasteiger partial charge in [-0.2, -0.15) is 11.8 Å². The molecule has 3 heteroatoms. The van der Waals surface area contributed by atoms with Crippen molar-refractivity contribution in [1.82, 2.24) is 0 Å². The normalized spacial score (nSPS) is 30.2. The second-order valence-electron chi connectivity index (χ2n) is 6.46. The Morgan fingerprint density at radius 2 is 2.05 bits per heavy atom. The van der Waals surface area contributed by atoms with E-state index in [9.17, 15) is 5.11 Å². The highest BCUT2D eigenvalue weighted by Gasteiger charge is 2.40. The van der Waals surface area contributed by atoms with Gasteiger partial charge >= 0.3 is 0 Å². The molecule has 1 saturated carbocycles. The van der Waals surface area contributed by atoms with Crippen molar-refractivity contribution in [3.8, 4) is 0 Å². The molecule has 0 bridgehead atoms. The largest absolute Gasteiger partial charge is 0.392 e. The zero-order valence-corrected chi connectivity index (χ0v) is 13.4. The van der Waals surface area contributed by atoms with Gasteiger partial charge in [-0.15, -0.1) is 0 Å². The van der Waals surface area contributed by atoms with Crippen LogP contribution in [0.2, 0.25) is 0 Å². The molecule has 0 radical (unpaired) electrons. The predicted octanol–water partition coefficient (Wildman–Crippen LogP) is 4.01. The summed E-state index contributed by atoms with van der Waals surface area (Å²) in [7, 11) is 0. The van der Waals surface area contributed by atoms with Crippen molar-refractivity contribution in [2.75, 3.05) is 12.4 Å². The molecule has 0 aromatic rings. The molecule has 2 aliphatic rings. The SMILES string of the molecule is CCC(C)SCC(O)C1CCOC2(CCCCC2)C1. The monoisotopic (exact) mass is 286 g/mol. The van der Waals surface area contributed by atoms with E-state index in [-0.39, 0.29) is 11.7 Å². The highest BCUT2D eigenvalue weighted by Crippen LogP contribution is 2.42. The number of hydrogen-bond acceptors (Lipinski definition) is 3. The second kappa shape index (κ2) is 7.33. The van der Waals surface area contributed by atoms with E-state index >= 15 is 0 Å². The minimum Gasteiger partial charge on any atom is -0.392 e. The molecule has 2 nitrogen and oxygen atoms in total. The zero-order chi connectivity index (χ0) is 13.7. The Morgan fingerprint density at radius 3 is 2.74 bits per heavy atom. The van der Waals surface area contributed by atoms with Crippen molar-refractivity contribution in [1.29, 1.82) is 0 Å². The van der Waals surface area contributed by atoms with Gasteiger partial charge < -0.3 is 9.84 Å². The first-order valence-corrected chi connectivity index (χ1v) is 9.14. The van der Waals surface area contributed by atoms with Crippen LogP contribution in [0.25, 0.3) is 0 Å². The number of aliphatic hydroxyl groups is 1. The first-order chi connectivity index (χ1) is 9.15. The van der Waals surface area contributed by atoms with Gasteiger partial charge in [-0.05, 0) is 38.0 Å². The van der Waals surface area contributed by atoms with E-state index in [1.165, 1.54) is 38.5 Å². The lowest BCUT2D eigenvalue weighted by Gasteiger charge is -2.44. The number of hydrogen-bond donors (Lipinski definition) is 1. The van der Waals surface area contributed by atoms with Crippen molar-refractivity contribution in [2.24, 2.45) is 5.92 Å². The van der Waals surface area contributed by atoms with E-state index in [1.54, 1.807) is 0 Å². The number of rotatable bonds is 5. The molecule has 0 aromatic carbocycles. The lowest BCUT2D eigenvalue weighted by atomic mass is 9.75. The van der Waals surface area contributed by atoms with Crippen LogP contribution in [0.1, 0.15) is 65.2 Å². The van der Waals surface area contributed by atoms with Gasteiger partial charge in [-0.3, -0.25) is 0 Å². The van der Waals surface area contributed by atoms with Crippen LogP contribution in [0.15, 0.2) is 0 Å². The van der Waals surface area contributed by atoms with E-state index in [0.29, 0.717) is 11.2 Å². The molecule has 0 aromatic heterocycles. The fourth-order valence-electron chi connectivity index (χ4n) is 3.46. The van der Waals surface area contributed by atoms with Crippen LogP contribution < -0.4 is 0 Å². The van der Waals surface area contributed by atoms with Crippen LogP contribution >= 0.6 is 11.8 Å². The third-order valence-electron chi connectivity index (χ3n) is 4.97. The molecule has 112 valence electrons. The highest BCUT2D eigenvalue weighted by molar-refractivity contribution is 7.99. The molecular formula is C16H30O2S. The summed E-state index contributed by atoms with van der Waals surface area (Å²) >= 11 is 1.92. The lowest BCUT2D eigenvalue weighted by Crippen LogP contribution is -2.44. The van der Waals surface area contributed by atoms with Crippen molar-refractivity contribution >= 4 is 11.8 Å². The molecule has 3 atom stereocenters. The molecule has 1 N–H and O–H groups in total.